The zero-order valence-electron chi connectivity index (χ0n) is 9.74. The number of thiazole rings is 1. The monoisotopic (exact) mass is 294 g/mol. The Morgan fingerprint density at radius 3 is 2.33 bits per heavy atom. The smallest absolute Gasteiger partial charge is 0.361 e. The van der Waals surface area contributed by atoms with Crippen molar-refractivity contribution in [2.45, 2.75) is 10.5 Å². The van der Waals surface area contributed by atoms with Crippen molar-refractivity contribution in [1.29, 1.82) is 0 Å². The molecule has 0 amide bonds. The first-order valence-corrected chi connectivity index (χ1v) is 6.84. The molecule has 2 heterocycles. The third-order valence-electron chi connectivity index (χ3n) is 2.07. The topological polar surface area (TPSA) is 41.9 Å². The molecule has 0 unspecified atom stereocenters. The van der Waals surface area contributed by atoms with Gasteiger partial charge in [-0.15, -0.1) is 11.3 Å². The van der Waals surface area contributed by atoms with Crippen molar-refractivity contribution in [3.63, 3.8) is 0 Å². The highest BCUT2D eigenvalue weighted by molar-refractivity contribution is 8.00. The lowest BCUT2D eigenvalue weighted by molar-refractivity contribution is -0.144. The molecule has 0 spiro atoms. The van der Waals surface area contributed by atoms with E-state index in [1.54, 1.807) is 14.1 Å². The van der Waals surface area contributed by atoms with Crippen LogP contribution in [0.5, 0.6) is 0 Å². The van der Waals surface area contributed by atoms with Crippen molar-refractivity contribution in [1.82, 2.24) is 15.0 Å². The summed E-state index contributed by atoms with van der Waals surface area (Å²) in [6.07, 6.45) is -2.76. The summed E-state index contributed by atoms with van der Waals surface area (Å²) in [5, 5.41) is 0. The van der Waals surface area contributed by atoms with Crippen LogP contribution in [0, 0.1) is 0 Å². The second kappa shape index (κ2) is 4.54. The molecular formula is C9H9F3N4S2. The second-order valence-electron chi connectivity index (χ2n) is 3.60. The average molecular weight is 294 g/mol. The van der Waals surface area contributed by atoms with Gasteiger partial charge in [0, 0.05) is 14.1 Å². The fraction of sp³-hybridized carbons (Fsp3) is 0.444. The molecular weight excluding hydrogens is 285 g/mol. The lowest BCUT2D eigenvalue weighted by Gasteiger charge is -2.13. The molecule has 0 radical (unpaired) electrons. The van der Waals surface area contributed by atoms with Crippen LogP contribution in [0.3, 0.4) is 0 Å². The third kappa shape index (κ3) is 2.37. The zero-order chi connectivity index (χ0) is 13.5. The van der Waals surface area contributed by atoms with E-state index in [-0.39, 0.29) is 11.5 Å². The highest BCUT2D eigenvalue weighted by atomic mass is 32.2. The molecule has 0 saturated carbocycles. The van der Waals surface area contributed by atoms with Crippen molar-refractivity contribution in [3.8, 4) is 0 Å². The van der Waals surface area contributed by atoms with Crippen LogP contribution in [0.15, 0.2) is 4.34 Å². The lowest BCUT2D eigenvalue weighted by atomic mass is 10.4. The van der Waals surface area contributed by atoms with Crippen LogP contribution in [0.25, 0.3) is 10.3 Å². The molecule has 0 saturated heterocycles. The molecule has 0 aliphatic rings. The SMILES string of the molecule is CSc1nc2nc(C(F)(F)F)nc(N(C)C)c2s1. The van der Waals surface area contributed by atoms with E-state index in [1.807, 2.05) is 6.26 Å². The van der Waals surface area contributed by atoms with Gasteiger partial charge in [0.15, 0.2) is 15.8 Å². The molecule has 0 aliphatic carbocycles. The summed E-state index contributed by atoms with van der Waals surface area (Å²) in [6.45, 7) is 0. The van der Waals surface area contributed by atoms with E-state index in [1.165, 1.54) is 28.0 Å². The number of fused-ring (bicyclic) bond motifs is 1. The minimum absolute atomic E-state index is 0.0929. The molecule has 98 valence electrons. The van der Waals surface area contributed by atoms with Gasteiger partial charge in [-0.05, 0) is 6.26 Å². The van der Waals surface area contributed by atoms with Gasteiger partial charge in [0.1, 0.15) is 4.70 Å². The van der Waals surface area contributed by atoms with E-state index < -0.39 is 12.0 Å². The van der Waals surface area contributed by atoms with Gasteiger partial charge < -0.3 is 4.90 Å². The summed E-state index contributed by atoms with van der Waals surface area (Å²) in [5.41, 5.74) is 0.0929. The number of rotatable bonds is 2. The van der Waals surface area contributed by atoms with Gasteiger partial charge >= 0.3 is 6.18 Å². The van der Waals surface area contributed by atoms with Gasteiger partial charge in [-0.1, -0.05) is 11.8 Å². The summed E-state index contributed by atoms with van der Waals surface area (Å²) in [4.78, 5) is 12.6. The minimum Gasteiger partial charge on any atom is -0.361 e. The third-order valence-corrected chi connectivity index (χ3v) is 4.09. The predicted molar refractivity (Wildman–Crippen MR) is 66.3 cm³/mol. The number of hydrogen-bond acceptors (Lipinski definition) is 6. The van der Waals surface area contributed by atoms with E-state index in [9.17, 15) is 13.2 Å². The highest BCUT2D eigenvalue weighted by Crippen LogP contribution is 2.35. The summed E-state index contributed by atoms with van der Waals surface area (Å²) >= 11 is 2.66. The van der Waals surface area contributed by atoms with Crippen LogP contribution in [0.4, 0.5) is 19.0 Å². The number of hydrogen-bond donors (Lipinski definition) is 0. The highest BCUT2D eigenvalue weighted by Gasteiger charge is 2.36. The molecule has 0 N–H and O–H groups in total. The van der Waals surface area contributed by atoms with Gasteiger partial charge in [-0.2, -0.15) is 13.2 Å². The van der Waals surface area contributed by atoms with Crippen LogP contribution >= 0.6 is 23.1 Å². The first-order chi connectivity index (χ1) is 8.32. The van der Waals surface area contributed by atoms with Crippen LogP contribution in [0.1, 0.15) is 5.82 Å². The standard InChI is InChI=1S/C9H9F3N4S2/c1-16(2)6-4-5(14-8(17-3)18-4)13-7(15-6)9(10,11)12/h1-3H3. The van der Waals surface area contributed by atoms with Crippen molar-refractivity contribution in [3.05, 3.63) is 5.82 Å². The predicted octanol–water partition coefficient (Wildman–Crippen LogP) is 2.89. The molecule has 0 atom stereocenters. The van der Waals surface area contributed by atoms with Crippen molar-refractivity contribution >= 4 is 39.3 Å². The first kappa shape index (κ1) is 13.3. The maximum Gasteiger partial charge on any atom is 0.451 e. The van der Waals surface area contributed by atoms with E-state index in [4.69, 9.17) is 0 Å². The van der Waals surface area contributed by atoms with Gasteiger partial charge in [-0.3, -0.25) is 0 Å². The average Bonchev–Trinajstić information content (AvgIpc) is 2.68. The number of thioether (sulfide) groups is 1. The molecule has 0 aliphatic heterocycles. The van der Waals surface area contributed by atoms with Gasteiger partial charge in [-0.25, -0.2) is 15.0 Å². The largest absolute Gasteiger partial charge is 0.451 e. The van der Waals surface area contributed by atoms with Crippen LogP contribution in [-0.2, 0) is 6.18 Å². The molecule has 0 fully saturated rings. The number of anilines is 1. The number of alkyl halides is 3. The fourth-order valence-corrected chi connectivity index (χ4v) is 2.88. The Kier molecular flexibility index (Phi) is 3.37. The lowest BCUT2D eigenvalue weighted by Crippen LogP contribution is -2.17. The van der Waals surface area contributed by atoms with Crippen LogP contribution in [0.2, 0.25) is 0 Å². The summed E-state index contributed by atoms with van der Waals surface area (Å²) in [5.74, 6) is -0.915. The van der Waals surface area contributed by atoms with Gasteiger partial charge in [0.05, 0.1) is 0 Å². The normalized spacial score (nSPS) is 12.1. The molecule has 9 heteroatoms. The first-order valence-electron chi connectivity index (χ1n) is 4.80. The summed E-state index contributed by atoms with van der Waals surface area (Å²) in [7, 11) is 3.28. The van der Waals surface area contributed by atoms with E-state index >= 15 is 0 Å². The minimum atomic E-state index is -4.57. The van der Waals surface area contributed by atoms with Crippen molar-refractivity contribution in [2.75, 3.05) is 25.3 Å². The van der Waals surface area contributed by atoms with Crippen molar-refractivity contribution in [2.24, 2.45) is 0 Å². The van der Waals surface area contributed by atoms with Crippen LogP contribution < -0.4 is 4.90 Å². The quantitative estimate of drug-likeness (QED) is 0.797. The second-order valence-corrected chi connectivity index (χ2v) is 5.65. The Labute approximate surface area is 109 Å². The molecule has 0 aromatic carbocycles. The maximum absolute atomic E-state index is 12.7. The molecule has 2 rings (SSSR count). The Balaban J connectivity index is 2.72. The van der Waals surface area contributed by atoms with E-state index in [2.05, 4.69) is 15.0 Å². The Bertz CT molecular complexity index is 579. The summed E-state index contributed by atoms with van der Waals surface area (Å²) < 4.78 is 39.3. The van der Waals surface area contributed by atoms with Crippen LogP contribution in [-0.4, -0.2) is 35.3 Å². The Hall–Kier alpha value is -1.09. The van der Waals surface area contributed by atoms with Gasteiger partial charge in [0.2, 0.25) is 5.82 Å². The Morgan fingerprint density at radius 1 is 1.17 bits per heavy atom. The van der Waals surface area contributed by atoms with E-state index in [0.29, 0.717) is 9.04 Å². The molecule has 4 nitrogen and oxygen atoms in total. The molecule has 18 heavy (non-hydrogen) atoms. The number of nitrogens with zero attached hydrogens (tertiary/aromatic N) is 4. The maximum atomic E-state index is 12.7. The Morgan fingerprint density at radius 2 is 1.83 bits per heavy atom. The number of aromatic nitrogens is 3. The molecule has 2 aromatic heterocycles. The van der Waals surface area contributed by atoms with Gasteiger partial charge in [0.25, 0.3) is 0 Å². The molecule has 2 aromatic rings. The fourth-order valence-electron chi connectivity index (χ4n) is 1.31. The number of halogens is 3. The van der Waals surface area contributed by atoms with E-state index in [0.717, 1.165) is 0 Å². The van der Waals surface area contributed by atoms with Crippen molar-refractivity contribution < 1.29 is 13.2 Å². The summed E-state index contributed by atoms with van der Waals surface area (Å²) in [6, 6.07) is 0. The molecule has 0 bridgehead atoms. The zero-order valence-corrected chi connectivity index (χ0v) is 11.4.